The second kappa shape index (κ2) is 16.7. The Bertz CT molecular complexity index is 3800. The van der Waals surface area contributed by atoms with Crippen LogP contribution in [0.5, 0.6) is 0 Å². The third kappa shape index (κ3) is 7.79. The highest BCUT2D eigenvalue weighted by Gasteiger charge is 2.45. The predicted octanol–water partition coefficient (Wildman–Crippen LogP) is 16.6. The molecule has 0 aliphatic carbocycles. The lowest BCUT2D eigenvalue weighted by Crippen LogP contribution is -2.57. The summed E-state index contributed by atoms with van der Waals surface area (Å²) in [4.78, 5) is 17.8. The summed E-state index contributed by atoms with van der Waals surface area (Å²) in [5.41, 5.74) is 23.1. The van der Waals surface area contributed by atoms with Crippen molar-refractivity contribution in [2.75, 3.05) is 4.90 Å². The summed E-state index contributed by atoms with van der Waals surface area (Å²) in [6, 6.07) is 60.8. The van der Waals surface area contributed by atoms with Gasteiger partial charge >= 0.3 is 6.85 Å². The molecule has 8 aromatic carbocycles. The van der Waals surface area contributed by atoms with E-state index in [1.165, 1.54) is 88.6 Å². The molecular formula is C68H66BN5. The van der Waals surface area contributed by atoms with Gasteiger partial charge in [0, 0.05) is 61.1 Å². The summed E-state index contributed by atoms with van der Waals surface area (Å²) >= 11 is 0. The molecule has 0 atom stereocenters. The molecule has 4 heterocycles. The van der Waals surface area contributed by atoms with Crippen LogP contribution in [0.1, 0.15) is 111 Å². The van der Waals surface area contributed by atoms with Crippen LogP contribution in [-0.2, 0) is 21.7 Å². The summed E-state index contributed by atoms with van der Waals surface area (Å²) < 4.78 is 2.73. The highest BCUT2D eigenvalue weighted by molar-refractivity contribution is 6.90. The number of fused-ring (bicyclic) bond motifs is 7. The highest BCUT2D eigenvalue weighted by atomic mass is 15.2. The maximum atomic E-state index is 5.10. The van der Waals surface area contributed by atoms with Gasteiger partial charge < -0.3 is 9.38 Å². The van der Waals surface area contributed by atoms with Gasteiger partial charge in [-0.05, 0) is 133 Å². The van der Waals surface area contributed by atoms with Crippen molar-refractivity contribution in [1.29, 1.82) is 0 Å². The molecule has 0 amide bonds. The van der Waals surface area contributed by atoms with Crippen molar-refractivity contribution in [2.45, 2.75) is 112 Å². The lowest BCUT2D eigenvalue weighted by molar-refractivity contribution is 0.590. The first kappa shape index (κ1) is 47.4. The molecule has 2 aromatic heterocycles. The van der Waals surface area contributed by atoms with Gasteiger partial charge in [0.05, 0.1) is 0 Å². The van der Waals surface area contributed by atoms with Crippen LogP contribution in [0.15, 0.2) is 164 Å². The molecule has 2 aliphatic rings. The monoisotopic (exact) mass is 964 g/mol. The summed E-state index contributed by atoms with van der Waals surface area (Å²) in [7, 11) is 0. The molecule has 0 saturated heterocycles. The zero-order valence-corrected chi connectivity index (χ0v) is 45.4. The van der Waals surface area contributed by atoms with Gasteiger partial charge in [-0.1, -0.05) is 198 Å². The predicted molar refractivity (Wildman–Crippen MR) is 315 cm³/mol. The van der Waals surface area contributed by atoms with Crippen molar-refractivity contribution >= 4 is 56.6 Å². The van der Waals surface area contributed by atoms with Gasteiger partial charge in [-0.25, -0.2) is 15.0 Å². The molecule has 5 nitrogen and oxygen atoms in total. The standard InChI is InChI=1S/C68H66BN5/c1-41-51(42-24-26-45(27-25-42)64-71-62(43-20-16-14-17-21-43)70-63(72-64)44-22-18-15-19-23-44)40-58-60-59(41)54-38-49(68(11,12)13)37-53-52-36-47(66(5,6)7)30-34-56(52)74(61(53)54)69(60)55-39-48(67(8,9)10)31-35-57(55)73(58)50-32-28-46(29-33-50)65(2,3)4/h14-40H,1-13H3. The minimum atomic E-state index is -0.0934. The number of nitrogens with zero attached hydrogens (tertiary/aromatic N) is 5. The van der Waals surface area contributed by atoms with Gasteiger partial charge in [-0.15, -0.1) is 0 Å². The number of benzene rings is 8. The van der Waals surface area contributed by atoms with E-state index in [1.54, 1.807) is 0 Å². The average Bonchev–Trinajstić information content (AvgIpc) is 3.75. The van der Waals surface area contributed by atoms with Gasteiger partial charge in [0.15, 0.2) is 17.5 Å². The van der Waals surface area contributed by atoms with Crippen LogP contribution in [-0.4, -0.2) is 26.3 Å². The van der Waals surface area contributed by atoms with E-state index in [1.807, 2.05) is 36.4 Å². The van der Waals surface area contributed by atoms with Gasteiger partial charge in [0.2, 0.25) is 0 Å². The van der Waals surface area contributed by atoms with Crippen molar-refractivity contribution in [2.24, 2.45) is 0 Å². The minimum Gasteiger partial charge on any atom is -0.375 e. The molecule has 0 unspecified atom stereocenters. The van der Waals surface area contributed by atoms with E-state index in [-0.39, 0.29) is 28.5 Å². The number of anilines is 3. The van der Waals surface area contributed by atoms with Crippen molar-refractivity contribution in [1.82, 2.24) is 19.4 Å². The van der Waals surface area contributed by atoms with E-state index in [0.29, 0.717) is 17.5 Å². The first-order valence-electron chi connectivity index (χ1n) is 26.5. The molecule has 0 N–H and O–H groups in total. The first-order chi connectivity index (χ1) is 35.1. The maximum absolute atomic E-state index is 5.10. The van der Waals surface area contributed by atoms with Crippen LogP contribution < -0.4 is 15.8 Å². The van der Waals surface area contributed by atoms with E-state index < -0.39 is 0 Å². The fourth-order valence-electron chi connectivity index (χ4n) is 11.6. The molecule has 0 spiro atoms. The lowest BCUT2D eigenvalue weighted by Gasteiger charge is -2.42. The zero-order chi connectivity index (χ0) is 51.8. The molecule has 10 aromatic rings. The Hall–Kier alpha value is -7.57. The van der Waals surface area contributed by atoms with Crippen molar-refractivity contribution < 1.29 is 0 Å². The SMILES string of the molecule is Cc1c(-c2ccc(-c3nc(-c4ccccc4)nc(-c4ccccc4)n3)cc2)cc2c3c1-c1cc(C(C)(C)C)cc4c5cc(C(C)(C)C)ccc5n(c14)B3c1cc(C(C)(C)C)ccc1N2c1ccc(C(C)(C)C)cc1. The average molecular weight is 964 g/mol. The fraction of sp³-hybridized carbons (Fsp3) is 0.250. The zero-order valence-electron chi connectivity index (χ0n) is 45.4. The summed E-state index contributed by atoms with van der Waals surface area (Å²) in [5, 5.41) is 2.64. The van der Waals surface area contributed by atoms with Gasteiger partial charge in [0.1, 0.15) is 0 Å². The molecule has 2 aliphatic heterocycles. The van der Waals surface area contributed by atoms with Gasteiger partial charge in [-0.2, -0.15) is 0 Å². The Morgan fingerprint density at radius 1 is 0.405 bits per heavy atom. The van der Waals surface area contributed by atoms with E-state index >= 15 is 0 Å². The van der Waals surface area contributed by atoms with Gasteiger partial charge in [0.25, 0.3) is 0 Å². The molecule has 0 saturated carbocycles. The Labute approximate surface area is 438 Å². The van der Waals surface area contributed by atoms with Crippen LogP contribution in [0.25, 0.3) is 78.2 Å². The van der Waals surface area contributed by atoms with Crippen LogP contribution >= 0.6 is 0 Å². The normalized spacial score (nSPS) is 13.4. The van der Waals surface area contributed by atoms with E-state index in [0.717, 1.165) is 27.9 Å². The smallest absolute Gasteiger partial charge is 0.333 e. The number of aromatic nitrogens is 4. The molecule has 366 valence electrons. The van der Waals surface area contributed by atoms with E-state index in [4.69, 9.17) is 15.0 Å². The van der Waals surface area contributed by atoms with Gasteiger partial charge in [-0.3, -0.25) is 0 Å². The third-order valence-electron chi connectivity index (χ3n) is 15.9. The second-order valence-electron chi connectivity index (χ2n) is 25.1. The molecule has 0 fully saturated rings. The molecule has 12 rings (SSSR count). The van der Waals surface area contributed by atoms with Crippen LogP contribution in [0, 0.1) is 6.92 Å². The third-order valence-corrected chi connectivity index (χ3v) is 15.9. The van der Waals surface area contributed by atoms with E-state index in [9.17, 15) is 0 Å². The Balaban J connectivity index is 1.15. The fourth-order valence-corrected chi connectivity index (χ4v) is 11.6. The maximum Gasteiger partial charge on any atom is 0.333 e. The quantitative estimate of drug-likeness (QED) is 0.161. The summed E-state index contributed by atoms with van der Waals surface area (Å²) in [6.45, 7) is 30.3. The topological polar surface area (TPSA) is 46.8 Å². The molecular weight excluding hydrogens is 898 g/mol. The summed E-state index contributed by atoms with van der Waals surface area (Å²) in [5.74, 6) is 1.95. The largest absolute Gasteiger partial charge is 0.375 e. The number of hydrogen-bond donors (Lipinski definition) is 0. The van der Waals surface area contributed by atoms with Crippen molar-refractivity contribution in [3.05, 3.63) is 192 Å². The molecule has 0 radical (unpaired) electrons. The minimum absolute atomic E-state index is 0.00951. The number of rotatable bonds is 5. The highest BCUT2D eigenvalue weighted by Crippen LogP contribution is 2.50. The Morgan fingerprint density at radius 3 is 1.45 bits per heavy atom. The molecule has 6 heteroatoms. The summed E-state index contributed by atoms with van der Waals surface area (Å²) in [6.07, 6.45) is 0. The first-order valence-corrected chi connectivity index (χ1v) is 26.5. The molecule has 74 heavy (non-hydrogen) atoms. The Kier molecular flexibility index (Phi) is 10.7. The van der Waals surface area contributed by atoms with Crippen molar-refractivity contribution in [3.63, 3.8) is 0 Å². The van der Waals surface area contributed by atoms with Crippen molar-refractivity contribution in [3.8, 4) is 56.4 Å². The second-order valence-corrected chi connectivity index (χ2v) is 25.1. The number of hydrogen-bond acceptors (Lipinski definition) is 4. The van der Waals surface area contributed by atoms with Crippen LogP contribution in [0.4, 0.5) is 17.1 Å². The molecule has 0 bridgehead atoms. The lowest BCUT2D eigenvalue weighted by atomic mass is 9.44. The van der Waals surface area contributed by atoms with E-state index in [2.05, 4.69) is 227 Å². The van der Waals surface area contributed by atoms with Crippen LogP contribution in [0.2, 0.25) is 0 Å². The Morgan fingerprint density at radius 2 is 0.892 bits per heavy atom. The van der Waals surface area contributed by atoms with Crippen LogP contribution in [0.3, 0.4) is 0 Å².